The second-order valence-electron chi connectivity index (χ2n) is 9.03. The Bertz CT molecular complexity index is 761. The third-order valence-corrected chi connectivity index (χ3v) is 7.74. The molecule has 0 aromatic heterocycles. The molecule has 4 atom stereocenters. The minimum absolute atomic E-state index is 0.276. The molecule has 6 rings (SSSR count). The van der Waals surface area contributed by atoms with E-state index in [1.165, 1.54) is 62.1 Å². The maximum Gasteiger partial charge on any atom is 0.130 e. The van der Waals surface area contributed by atoms with Gasteiger partial charge < -0.3 is 4.74 Å². The van der Waals surface area contributed by atoms with Gasteiger partial charge in [-0.25, -0.2) is 0 Å². The van der Waals surface area contributed by atoms with E-state index < -0.39 is 0 Å². The molecule has 3 aliphatic carbocycles. The summed E-state index contributed by atoms with van der Waals surface area (Å²) in [7, 11) is 0. The van der Waals surface area contributed by atoms with Crippen LogP contribution in [0.15, 0.2) is 23.8 Å². The fourth-order valence-electron chi connectivity index (χ4n) is 6.47. The smallest absolute Gasteiger partial charge is 0.130 e. The molecule has 5 aliphatic rings. The van der Waals surface area contributed by atoms with Crippen molar-refractivity contribution in [1.82, 2.24) is 4.90 Å². The van der Waals surface area contributed by atoms with E-state index in [1.54, 1.807) is 11.1 Å². The summed E-state index contributed by atoms with van der Waals surface area (Å²) in [5.41, 5.74) is 6.30. The molecule has 1 aromatic carbocycles. The third-order valence-electron chi connectivity index (χ3n) is 7.74. The van der Waals surface area contributed by atoms with Gasteiger partial charge >= 0.3 is 0 Å². The summed E-state index contributed by atoms with van der Waals surface area (Å²) >= 11 is 0. The Kier molecular flexibility index (Phi) is 2.59. The van der Waals surface area contributed by atoms with Crippen molar-refractivity contribution in [1.29, 1.82) is 0 Å². The second kappa shape index (κ2) is 4.46. The largest absolute Gasteiger partial charge is 0.485 e. The standard InChI is InChI=1S/C22H27NO/c1-13-3-7-16-11-18-17-8-4-14(2)21-22(17,19(16)20(13)24-21)9-10-23(18)12-15-5-6-15/h3-4,7,15,17-18,21H,5-6,8-12H2,1-2H3/t17?,18-,21+,22+/m0/s1. The molecule has 0 amide bonds. The quantitative estimate of drug-likeness (QED) is 0.763. The molecule has 1 saturated heterocycles. The lowest BCUT2D eigenvalue weighted by Gasteiger charge is -2.58. The monoisotopic (exact) mass is 321 g/mol. The van der Waals surface area contributed by atoms with Crippen molar-refractivity contribution < 1.29 is 4.74 Å². The van der Waals surface area contributed by atoms with Gasteiger partial charge in [-0.2, -0.15) is 0 Å². The molecule has 2 aliphatic heterocycles. The fourth-order valence-corrected chi connectivity index (χ4v) is 6.47. The molecular weight excluding hydrogens is 294 g/mol. The van der Waals surface area contributed by atoms with Crippen molar-refractivity contribution in [2.45, 2.75) is 63.5 Å². The van der Waals surface area contributed by atoms with Crippen molar-refractivity contribution in [3.05, 3.63) is 40.5 Å². The Morgan fingerprint density at radius 2 is 2.12 bits per heavy atom. The molecule has 2 bridgehead atoms. The first kappa shape index (κ1) is 13.9. The van der Waals surface area contributed by atoms with Gasteiger partial charge in [0.2, 0.25) is 0 Å². The number of likely N-dealkylation sites (tertiary alicyclic amines) is 1. The van der Waals surface area contributed by atoms with Gasteiger partial charge in [-0.1, -0.05) is 18.2 Å². The van der Waals surface area contributed by atoms with Crippen molar-refractivity contribution in [2.75, 3.05) is 13.1 Å². The van der Waals surface area contributed by atoms with Gasteiger partial charge in [0.15, 0.2) is 0 Å². The van der Waals surface area contributed by atoms with E-state index in [4.69, 9.17) is 4.74 Å². The highest BCUT2D eigenvalue weighted by Crippen LogP contribution is 2.62. The van der Waals surface area contributed by atoms with Crippen LogP contribution in [0.2, 0.25) is 0 Å². The Labute approximate surface area is 144 Å². The maximum absolute atomic E-state index is 6.66. The summed E-state index contributed by atoms with van der Waals surface area (Å²) < 4.78 is 6.66. The van der Waals surface area contributed by atoms with E-state index >= 15 is 0 Å². The van der Waals surface area contributed by atoms with Gasteiger partial charge in [0.05, 0.1) is 0 Å². The zero-order chi connectivity index (χ0) is 16.1. The van der Waals surface area contributed by atoms with Crippen LogP contribution in [0.25, 0.3) is 0 Å². The molecule has 1 spiro atoms. The fraction of sp³-hybridized carbons (Fsp3) is 0.636. The highest BCUT2D eigenvalue weighted by molar-refractivity contribution is 5.59. The predicted octanol–water partition coefficient (Wildman–Crippen LogP) is 4.00. The maximum atomic E-state index is 6.66. The van der Waals surface area contributed by atoms with Crippen LogP contribution in [0.5, 0.6) is 5.75 Å². The van der Waals surface area contributed by atoms with Gasteiger partial charge in [0.25, 0.3) is 0 Å². The number of nitrogens with zero attached hydrogens (tertiary/aromatic N) is 1. The van der Waals surface area contributed by atoms with E-state index in [0.29, 0.717) is 6.10 Å². The predicted molar refractivity (Wildman–Crippen MR) is 95.5 cm³/mol. The lowest BCUT2D eigenvalue weighted by molar-refractivity contribution is -0.0218. The van der Waals surface area contributed by atoms with Crippen LogP contribution in [0.4, 0.5) is 0 Å². The molecule has 1 aromatic rings. The van der Waals surface area contributed by atoms with Crippen molar-refractivity contribution >= 4 is 0 Å². The summed E-state index contributed by atoms with van der Waals surface area (Å²) in [5, 5.41) is 0. The molecule has 2 nitrogen and oxygen atoms in total. The summed E-state index contributed by atoms with van der Waals surface area (Å²) in [6.07, 6.45) is 9.51. The van der Waals surface area contributed by atoms with E-state index in [1.807, 2.05) is 0 Å². The average Bonchev–Trinajstić information content (AvgIpc) is 3.32. The van der Waals surface area contributed by atoms with Crippen LogP contribution in [-0.4, -0.2) is 30.1 Å². The minimum atomic E-state index is 0.276. The summed E-state index contributed by atoms with van der Waals surface area (Å²) in [4.78, 5) is 2.86. The van der Waals surface area contributed by atoms with E-state index in [0.717, 1.165) is 17.9 Å². The summed E-state index contributed by atoms with van der Waals surface area (Å²) in [6, 6.07) is 5.44. The van der Waals surface area contributed by atoms with E-state index in [2.05, 4.69) is 37.0 Å². The number of aryl methyl sites for hydroxylation is 1. The molecule has 1 saturated carbocycles. The highest BCUT2D eigenvalue weighted by Gasteiger charge is 2.63. The summed E-state index contributed by atoms with van der Waals surface area (Å²) in [5.74, 6) is 2.99. The van der Waals surface area contributed by atoms with E-state index in [9.17, 15) is 0 Å². The lowest BCUT2D eigenvalue weighted by atomic mass is 9.52. The molecular formula is C22H27NO. The number of piperidine rings is 1. The second-order valence-corrected chi connectivity index (χ2v) is 9.03. The van der Waals surface area contributed by atoms with E-state index in [-0.39, 0.29) is 5.41 Å². The molecule has 0 radical (unpaired) electrons. The summed E-state index contributed by atoms with van der Waals surface area (Å²) in [6.45, 7) is 7.15. The van der Waals surface area contributed by atoms with Gasteiger partial charge in [-0.15, -0.1) is 0 Å². The molecule has 0 N–H and O–H groups in total. The lowest BCUT2D eigenvalue weighted by Crippen LogP contribution is -2.64. The number of allylic oxidation sites excluding steroid dienone is 1. The molecule has 2 fully saturated rings. The highest BCUT2D eigenvalue weighted by atomic mass is 16.5. The molecule has 2 heterocycles. The third kappa shape index (κ3) is 1.57. The number of rotatable bonds is 2. The number of ether oxygens (including phenoxy) is 1. The van der Waals surface area contributed by atoms with Crippen molar-refractivity contribution in [2.24, 2.45) is 11.8 Å². The first-order valence-corrected chi connectivity index (χ1v) is 9.89. The Morgan fingerprint density at radius 1 is 1.25 bits per heavy atom. The normalized spacial score (nSPS) is 39.2. The number of benzene rings is 1. The Balaban J connectivity index is 1.54. The number of hydrogen-bond acceptors (Lipinski definition) is 2. The number of hydrogen-bond donors (Lipinski definition) is 0. The van der Waals surface area contributed by atoms with Gasteiger partial charge in [-0.3, -0.25) is 4.90 Å². The van der Waals surface area contributed by atoms with Gasteiger partial charge in [0, 0.05) is 23.6 Å². The van der Waals surface area contributed by atoms with Crippen LogP contribution in [0.3, 0.4) is 0 Å². The first-order chi connectivity index (χ1) is 11.7. The van der Waals surface area contributed by atoms with Crippen LogP contribution < -0.4 is 4.74 Å². The zero-order valence-electron chi connectivity index (χ0n) is 14.8. The van der Waals surface area contributed by atoms with Crippen molar-refractivity contribution in [3.63, 3.8) is 0 Å². The molecule has 1 unspecified atom stereocenters. The van der Waals surface area contributed by atoms with Crippen LogP contribution in [0, 0.1) is 18.8 Å². The van der Waals surface area contributed by atoms with Gasteiger partial charge in [-0.05, 0) is 81.0 Å². The Hall–Kier alpha value is -1.28. The average molecular weight is 321 g/mol. The van der Waals surface area contributed by atoms with Crippen LogP contribution >= 0.6 is 0 Å². The van der Waals surface area contributed by atoms with Crippen LogP contribution in [-0.2, 0) is 11.8 Å². The molecule has 2 heteroatoms. The van der Waals surface area contributed by atoms with Gasteiger partial charge in [0.1, 0.15) is 11.9 Å². The van der Waals surface area contributed by atoms with Crippen molar-refractivity contribution in [3.8, 4) is 5.75 Å². The minimum Gasteiger partial charge on any atom is -0.485 e. The molecule has 24 heavy (non-hydrogen) atoms. The SMILES string of the molecule is CC1=CCC2[C@@H]3Cc4ccc(C)c5c4[C@]2(CCN3CC2CC2)[C@@H]1O5. The first-order valence-electron chi connectivity index (χ1n) is 9.89. The topological polar surface area (TPSA) is 12.5 Å². The Morgan fingerprint density at radius 3 is 2.96 bits per heavy atom. The van der Waals surface area contributed by atoms with Crippen LogP contribution in [0.1, 0.15) is 49.3 Å². The zero-order valence-corrected chi connectivity index (χ0v) is 14.8. The molecule has 126 valence electrons.